The Morgan fingerprint density at radius 2 is 1.73 bits per heavy atom. The molecule has 0 aliphatic carbocycles. The molecular weight excluding hydrogens is 533 g/mol. The van der Waals surface area contributed by atoms with Crippen LogP contribution in [0.3, 0.4) is 0 Å². The molecule has 1 unspecified atom stereocenters. The first kappa shape index (κ1) is 26.6. The van der Waals surface area contributed by atoms with Crippen molar-refractivity contribution in [1.29, 1.82) is 0 Å². The van der Waals surface area contributed by atoms with Gasteiger partial charge in [-0.15, -0.1) is 0 Å². The van der Waals surface area contributed by atoms with Crippen LogP contribution >= 0.6 is 23.2 Å². The fourth-order valence-corrected chi connectivity index (χ4v) is 4.93. The van der Waals surface area contributed by atoms with E-state index in [1.807, 2.05) is 0 Å². The Morgan fingerprint density at radius 3 is 2.41 bits per heavy atom. The smallest absolute Gasteiger partial charge is 0.256 e. The van der Waals surface area contributed by atoms with Crippen LogP contribution in [0, 0.1) is 0 Å². The van der Waals surface area contributed by atoms with E-state index in [0.717, 1.165) is 0 Å². The van der Waals surface area contributed by atoms with Crippen molar-refractivity contribution in [2.45, 2.75) is 24.9 Å². The fraction of sp³-hybridized carbons (Fsp3) is 0.111. The van der Waals surface area contributed by atoms with Gasteiger partial charge in [0.05, 0.1) is 29.1 Å². The third-order valence-corrected chi connectivity index (χ3v) is 7.01. The van der Waals surface area contributed by atoms with Gasteiger partial charge >= 0.3 is 0 Å². The van der Waals surface area contributed by atoms with E-state index in [4.69, 9.17) is 27.6 Å². The Kier molecular flexibility index (Phi) is 8.78. The van der Waals surface area contributed by atoms with Crippen LogP contribution in [0.2, 0.25) is 10.0 Å². The quantitative estimate of drug-likeness (QED) is 0.229. The van der Waals surface area contributed by atoms with E-state index in [1.165, 1.54) is 6.92 Å². The molecule has 0 saturated heterocycles. The summed E-state index contributed by atoms with van der Waals surface area (Å²) < 4.78 is 21.6. The number of hydrogen-bond donors (Lipinski definition) is 2. The van der Waals surface area contributed by atoms with E-state index < -0.39 is 11.4 Å². The number of benzene rings is 3. The molecule has 1 aromatic heterocycles. The largest absolute Gasteiger partial charge is 0.588 e. The second-order valence-corrected chi connectivity index (χ2v) is 10.2. The van der Waals surface area contributed by atoms with Crippen LogP contribution in [-0.2, 0) is 29.2 Å². The van der Waals surface area contributed by atoms with Gasteiger partial charge in [-0.1, -0.05) is 35.3 Å². The zero-order valence-corrected chi connectivity index (χ0v) is 22.1. The van der Waals surface area contributed by atoms with E-state index in [0.29, 0.717) is 43.2 Å². The van der Waals surface area contributed by atoms with Crippen LogP contribution in [0.15, 0.2) is 94.4 Å². The Bertz CT molecular complexity index is 1380. The lowest BCUT2D eigenvalue weighted by Gasteiger charge is -2.24. The van der Waals surface area contributed by atoms with Crippen LogP contribution in [0.5, 0.6) is 0 Å². The van der Waals surface area contributed by atoms with E-state index in [1.54, 1.807) is 90.0 Å². The molecule has 0 spiro atoms. The molecule has 10 heteroatoms. The van der Waals surface area contributed by atoms with Gasteiger partial charge in [-0.2, -0.15) is 0 Å². The minimum atomic E-state index is -1.62. The lowest BCUT2D eigenvalue weighted by Crippen LogP contribution is -2.30. The molecule has 0 saturated carbocycles. The third-order valence-electron chi connectivity index (χ3n) is 5.34. The summed E-state index contributed by atoms with van der Waals surface area (Å²) in [5.74, 6) is 0.116. The Balaban J connectivity index is 1.59. The molecule has 1 heterocycles. The van der Waals surface area contributed by atoms with Gasteiger partial charge < -0.3 is 19.2 Å². The molecule has 0 radical (unpaired) electrons. The van der Waals surface area contributed by atoms with Crippen molar-refractivity contribution in [3.8, 4) is 0 Å². The topological polar surface area (TPSA) is 97.6 Å². The van der Waals surface area contributed by atoms with Crippen molar-refractivity contribution in [2.75, 3.05) is 10.0 Å². The van der Waals surface area contributed by atoms with Crippen LogP contribution < -0.4 is 10.0 Å². The normalized spacial score (nSPS) is 11.6. The van der Waals surface area contributed by atoms with Crippen molar-refractivity contribution < 1.29 is 18.6 Å². The molecule has 0 aliphatic rings. The average Bonchev–Trinajstić information content (AvgIpc) is 3.38. The maximum atomic E-state index is 13.5. The summed E-state index contributed by atoms with van der Waals surface area (Å²) >= 11 is 11.0. The van der Waals surface area contributed by atoms with E-state index in [9.17, 15) is 14.1 Å². The van der Waals surface area contributed by atoms with Crippen LogP contribution in [-0.4, -0.2) is 21.3 Å². The second-order valence-electron chi connectivity index (χ2n) is 8.10. The lowest BCUT2D eigenvalue weighted by atomic mass is 10.1. The van der Waals surface area contributed by atoms with Gasteiger partial charge in [0, 0.05) is 29.7 Å². The van der Waals surface area contributed by atoms with Crippen molar-refractivity contribution in [2.24, 2.45) is 0 Å². The Hall–Kier alpha value is -3.43. The van der Waals surface area contributed by atoms with E-state index >= 15 is 0 Å². The van der Waals surface area contributed by atoms with Crippen LogP contribution in [0.4, 0.5) is 11.4 Å². The zero-order chi connectivity index (χ0) is 26.4. The fourth-order valence-electron chi connectivity index (χ4n) is 3.62. The van der Waals surface area contributed by atoms with Gasteiger partial charge in [-0.25, -0.2) is 4.72 Å². The second kappa shape index (κ2) is 12.2. The number of rotatable bonds is 9. The number of furan rings is 1. The molecule has 4 aromatic rings. The minimum Gasteiger partial charge on any atom is -0.588 e. The predicted molar refractivity (Wildman–Crippen MR) is 146 cm³/mol. The molecule has 4 rings (SSSR count). The first-order valence-electron chi connectivity index (χ1n) is 11.2. The predicted octanol–water partition coefficient (Wildman–Crippen LogP) is 6.52. The summed E-state index contributed by atoms with van der Waals surface area (Å²) in [5.41, 5.74) is 2.16. The maximum Gasteiger partial charge on any atom is 0.256 e. The van der Waals surface area contributed by atoms with Crippen molar-refractivity contribution in [3.05, 3.63) is 112 Å². The van der Waals surface area contributed by atoms with Crippen molar-refractivity contribution in [3.63, 3.8) is 0 Å². The molecule has 7 nitrogen and oxygen atoms in total. The van der Waals surface area contributed by atoms with E-state index in [2.05, 4.69) is 10.0 Å². The number of carbonyl (C=O) groups excluding carboxylic acids is 2. The number of hydrogen-bond acceptors (Lipinski definition) is 5. The number of halogens is 2. The first-order chi connectivity index (χ1) is 17.8. The summed E-state index contributed by atoms with van der Waals surface area (Å²) in [6, 6.07) is 22.1. The standard InChI is InChI=1S/C27H23Cl2N3O4S/c1-18(33)30-21-9-11-23(12-10-21)37(35)31-26-13-8-20(28)15-19(26)16-32(17-22-5-4-14-36-22)27(34)24-6-2-3-7-25(24)29/h2-15,31H,16-17H2,1H3,(H,30,33). The number of nitrogens with zero attached hydrogens (tertiary/aromatic N) is 1. The maximum absolute atomic E-state index is 13.5. The summed E-state index contributed by atoms with van der Waals surface area (Å²) in [6.07, 6.45) is 1.54. The highest BCUT2D eigenvalue weighted by Gasteiger charge is 2.23. The summed E-state index contributed by atoms with van der Waals surface area (Å²) in [7, 11) is 0. The van der Waals surface area contributed by atoms with Gasteiger partial charge in [0.15, 0.2) is 4.90 Å². The summed E-state index contributed by atoms with van der Waals surface area (Å²) in [4.78, 5) is 26.8. The van der Waals surface area contributed by atoms with Gasteiger partial charge in [-0.3, -0.25) is 9.59 Å². The lowest BCUT2D eigenvalue weighted by molar-refractivity contribution is -0.114. The van der Waals surface area contributed by atoms with E-state index in [-0.39, 0.29) is 24.9 Å². The molecule has 2 N–H and O–H groups in total. The molecule has 0 bridgehead atoms. The minimum absolute atomic E-state index is 0.145. The molecular formula is C27H23Cl2N3O4S. The monoisotopic (exact) mass is 555 g/mol. The van der Waals surface area contributed by atoms with Gasteiger partial charge in [-0.05, 0) is 66.7 Å². The highest BCUT2D eigenvalue weighted by atomic mass is 35.5. The molecule has 0 aliphatic heterocycles. The van der Waals surface area contributed by atoms with Crippen molar-refractivity contribution >= 4 is 57.8 Å². The number of amides is 2. The molecule has 190 valence electrons. The SMILES string of the molecule is CC(=O)Nc1ccc([S+]([O-])Nc2ccc(Cl)cc2CN(Cc2ccco2)C(=O)c2ccccc2Cl)cc1. The van der Waals surface area contributed by atoms with Gasteiger partial charge in [0.1, 0.15) is 17.1 Å². The van der Waals surface area contributed by atoms with Crippen LogP contribution in [0.1, 0.15) is 28.6 Å². The number of anilines is 2. The molecule has 1 atom stereocenters. The molecule has 3 aromatic carbocycles. The highest BCUT2D eigenvalue weighted by molar-refractivity contribution is 7.92. The first-order valence-corrected chi connectivity index (χ1v) is 13.1. The zero-order valence-electron chi connectivity index (χ0n) is 19.7. The average molecular weight is 556 g/mol. The van der Waals surface area contributed by atoms with Crippen molar-refractivity contribution in [1.82, 2.24) is 4.90 Å². The Labute approximate surface area is 227 Å². The van der Waals surface area contributed by atoms with Crippen LogP contribution in [0.25, 0.3) is 0 Å². The van der Waals surface area contributed by atoms with Gasteiger partial charge in [0.25, 0.3) is 5.91 Å². The Morgan fingerprint density at radius 1 is 0.973 bits per heavy atom. The third kappa shape index (κ3) is 7.08. The molecule has 37 heavy (non-hydrogen) atoms. The summed E-state index contributed by atoms with van der Waals surface area (Å²) in [6.45, 7) is 1.75. The molecule has 0 fully saturated rings. The van der Waals surface area contributed by atoms with Gasteiger partial charge in [0.2, 0.25) is 5.91 Å². The molecule has 2 amide bonds. The summed E-state index contributed by atoms with van der Waals surface area (Å²) in [5, 5.41) is 3.48. The highest BCUT2D eigenvalue weighted by Crippen LogP contribution is 2.28. The number of nitrogens with one attached hydrogen (secondary N) is 2. The number of carbonyl (C=O) groups is 2.